The monoisotopic (exact) mass is 205 g/mol. The van der Waals surface area contributed by atoms with Gasteiger partial charge < -0.3 is 0 Å². The summed E-state index contributed by atoms with van der Waals surface area (Å²) >= 11 is 0. The number of rotatable bonds is 4. The zero-order valence-electron chi connectivity index (χ0n) is 9.71. The smallest absolute Gasteiger partial charge is 0.0794 e. The van der Waals surface area contributed by atoms with Crippen LogP contribution in [0.1, 0.15) is 26.3 Å². The van der Waals surface area contributed by atoms with E-state index in [0.717, 1.165) is 11.3 Å². The first kappa shape index (κ1) is 11.8. The van der Waals surface area contributed by atoms with Gasteiger partial charge in [0.1, 0.15) is 0 Å². The largest absolute Gasteiger partial charge is 0.276 e. The van der Waals surface area contributed by atoms with Crippen LogP contribution < -0.4 is 5.48 Å². The van der Waals surface area contributed by atoms with E-state index in [-0.39, 0.29) is 5.41 Å². The third-order valence-corrected chi connectivity index (χ3v) is 1.82. The molecule has 0 spiro atoms. The highest BCUT2D eigenvalue weighted by molar-refractivity contribution is 5.60. The van der Waals surface area contributed by atoms with Gasteiger partial charge in [0.05, 0.1) is 12.3 Å². The van der Waals surface area contributed by atoms with E-state index in [1.54, 1.807) is 0 Å². The molecule has 1 aromatic rings. The Morgan fingerprint density at radius 2 is 1.87 bits per heavy atom. The summed E-state index contributed by atoms with van der Waals surface area (Å²) in [6.45, 7) is 10.9. The van der Waals surface area contributed by atoms with Crippen LogP contribution in [0.3, 0.4) is 0 Å². The molecule has 0 radical (unpaired) electrons. The standard InChI is InChI=1S/C13H19NO/c1-11(12-8-6-5-7-9-12)14-15-10-13(2,3)4/h5-9,14H,1,10H2,2-4H3. The summed E-state index contributed by atoms with van der Waals surface area (Å²) in [7, 11) is 0. The van der Waals surface area contributed by atoms with E-state index in [0.29, 0.717) is 6.61 Å². The predicted octanol–water partition coefficient (Wildman–Crippen LogP) is 3.22. The van der Waals surface area contributed by atoms with Gasteiger partial charge >= 0.3 is 0 Å². The maximum atomic E-state index is 5.36. The number of hydrogen-bond donors (Lipinski definition) is 1. The molecule has 0 aliphatic heterocycles. The Bertz CT molecular complexity index is 311. The fraction of sp³-hybridized carbons (Fsp3) is 0.385. The molecular weight excluding hydrogens is 186 g/mol. The number of hydroxylamine groups is 1. The topological polar surface area (TPSA) is 21.3 Å². The molecule has 0 atom stereocenters. The highest BCUT2D eigenvalue weighted by Crippen LogP contribution is 2.13. The van der Waals surface area contributed by atoms with E-state index in [1.165, 1.54) is 0 Å². The Morgan fingerprint density at radius 3 is 2.40 bits per heavy atom. The number of hydrogen-bond acceptors (Lipinski definition) is 2. The van der Waals surface area contributed by atoms with Gasteiger partial charge in [0.2, 0.25) is 0 Å². The number of benzene rings is 1. The second-order valence-corrected chi connectivity index (χ2v) is 4.80. The summed E-state index contributed by atoms with van der Waals surface area (Å²) in [6.07, 6.45) is 0. The van der Waals surface area contributed by atoms with Crippen molar-refractivity contribution in [2.24, 2.45) is 5.41 Å². The molecule has 0 aliphatic rings. The first-order valence-electron chi connectivity index (χ1n) is 5.11. The minimum Gasteiger partial charge on any atom is -0.276 e. The second kappa shape index (κ2) is 4.99. The van der Waals surface area contributed by atoms with Crippen LogP contribution in [-0.2, 0) is 4.84 Å². The van der Waals surface area contributed by atoms with E-state index < -0.39 is 0 Å². The fourth-order valence-electron chi connectivity index (χ4n) is 1.04. The van der Waals surface area contributed by atoms with E-state index >= 15 is 0 Å². The van der Waals surface area contributed by atoms with Crippen LogP contribution in [-0.4, -0.2) is 6.61 Å². The van der Waals surface area contributed by atoms with Crippen molar-refractivity contribution in [3.63, 3.8) is 0 Å². The summed E-state index contributed by atoms with van der Waals surface area (Å²) < 4.78 is 0. The van der Waals surface area contributed by atoms with Gasteiger partial charge in [-0.3, -0.25) is 10.3 Å². The van der Waals surface area contributed by atoms with Crippen LogP contribution in [0.15, 0.2) is 36.9 Å². The van der Waals surface area contributed by atoms with Crippen LogP contribution in [0.2, 0.25) is 0 Å². The first-order chi connectivity index (χ1) is 6.99. The van der Waals surface area contributed by atoms with E-state index in [9.17, 15) is 0 Å². The number of nitrogens with one attached hydrogen (secondary N) is 1. The van der Waals surface area contributed by atoms with Crippen LogP contribution in [0.25, 0.3) is 5.70 Å². The van der Waals surface area contributed by atoms with Gasteiger partial charge in [-0.2, -0.15) is 0 Å². The van der Waals surface area contributed by atoms with Gasteiger partial charge in [0.15, 0.2) is 0 Å². The van der Waals surface area contributed by atoms with Crippen LogP contribution in [0.5, 0.6) is 0 Å². The average Bonchev–Trinajstić information content (AvgIpc) is 2.17. The summed E-state index contributed by atoms with van der Waals surface area (Å²) in [5.41, 5.74) is 4.86. The molecule has 82 valence electrons. The lowest BCUT2D eigenvalue weighted by Gasteiger charge is -2.19. The van der Waals surface area contributed by atoms with Crippen molar-refractivity contribution < 1.29 is 4.84 Å². The Labute approximate surface area is 91.9 Å². The molecule has 15 heavy (non-hydrogen) atoms. The lowest BCUT2D eigenvalue weighted by molar-refractivity contribution is 0.0264. The van der Waals surface area contributed by atoms with Crippen LogP contribution in [0.4, 0.5) is 0 Å². The Kier molecular flexibility index (Phi) is 3.92. The predicted molar refractivity (Wildman–Crippen MR) is 64.0 cm³/mol. The first-order valence-corrected chi connectivity index (χ1v) is 5.11. The minimum atomic E-state index is 0.157. The van der Waals surface area contributed by atoms with E-state index in [4.69, 9.17) is 4.84 Å². The van der Waals surface area contributed by atoms with E-state index in [1.807, 2.05) is 30.3 Å². The lowest BCUT2D eigenvalue weighted by Crippen LogP contribution is -2.21. The molecule has 0 heterocycles. The molecule has 1 aromatic carbocycles. The van der Waals surface area contributed by atoms with Crippen molar-refractivity contribution in [2.45, 2.75) is 20.8 Å². The quantitative estimate of drug-likeness (QED) is 0.762. The van der Waals surface area contributed by atoms with Gasteiger partial charge in [0.25, 0.3) is 0 Å². The Balaban J connectivity index is 2.38. The normalized spacial score (nSPS) is 11.1. The van der Waals surface area contributed by atoms with Crippen molar-refractivity contribution >= 4 is 5.70 Å². The molecule has 2 nitrogen and oxygen atoms in total. The third-order valence-electron chi connectivity index (χ3n) is 1.82. The molecular formula is C13H19NO. The van der Waals surface area contributed by atoms with Crippen LogP contribution in [0, 0.1) is 5.41 Å². The van der Waals surface area contributed by atoms with Gasteiger partial charge in [-0.05, 0) is 11.0 Å². The van der Waals surface area contributed by atoms with Gasteiger partial charge in [0, 0.05) is 0 Å². The fourth-order valence-corrected chi connectivity index (χ4v) is 1.04. The molecule has 0 unspecified atom stereocenters. The van der Waals surface area contributed by atoms with Crippen molar-refractivity contribution in [3.05, 3.63) is 42.5 Å². The minimum absolute atomic E-state index is 0.157. The van der Waals surface area contributed by atoms with Gasteiger partial charge in [-0.25, -0.2) is 0 Å². The van der Waals surface area contributed by atoms with Crippen molar-refractivity contribution in [3.8, 4) is 0 Å². The summed E-state index contributed by atoms with van der Waals surface area (Å²) in [4.78, 5) is 5.36. The maximum Gasteiger partial charge on any atom is 0.0794 e. The van der Waals surface area contributed by atoms with Gasteiger partial charge in [-0.1, -0.05) is 57.7 Å². The highest BCUT2D eigenvalue weighted by Gasteiger charge is 2.10. The van der Waals surface area contributed by atoms with Crippen molar-refractivity contribution in [1.82, 2.24) is 5.48 Å². The van der Waals surface area contributed by atoms with Crippen molar-refractivity contribution in [1.29, 1.82) is 0 Å². The molecule has 0 amide bonds. The molecule has 0 saturated carbocycles. The van der Waals surface area contributed by atoms with Crippen molar-refractivity contribution in [2.75, 3.05) is 6.61 Å². The lowest BCUT2D eigenvalue weighted by atomic mass is 9.99. The molecule has 0 aliphatic carbocycles. The zero-order chi connectivity index (χ0) is 11.3. The Hall–Kier alpha value is -1.28. The molecule has 0 saturated heterocycles. The third kappa shape index (κ3) is 4.66. The van der Waals surface area contributed by atoms with E-state index in [2.05, 4.69) is 32.8 Å². The maximum absolute atomic E-state index is 5.36. The summed E-state index contributed by atoms with van der Waals surface area (Å²) in [5.74, 6) is 0. The summed E-state index contributed by atoms with van der Waals surface area (Å²) in [5, 5.41) is 0. The Morgan fingerprint density at radius 1 is 1.27 bits per heavy atom. The molecule has 0 bridgehead atoms. The molecule has 0 fully saturated rings. The highest BCUT2D eigenvalue weighted by atomic mass is 16.6. The summed E-state index contributed by atoms with van der Waals surface area (Å²) in [6, 6.07) is 9.93. The molecule has 0 aromatic heterocycles. The SMILES string of the molecule is C=C(NOCC(C)(C)C)c1ccccc1. The zero-order valence-corrected chi connectivity index (χ0v) is 9.71. The molecule has 1 rings (SSSR count). The molecule has 1 N–H and O–H groups in total. The second-order valence-electron chi connectivity index (χ2n) is 4.80. The molecule has 2 heteroatoms. The van der Waals surface area contributed by atoms with Gasteiger partial charge in [-0.15, -0.1) is 0 Å². The van der Waals surface area contributed by atoms with Crippen LogP contribution >= 0.6 is 0 Å². The average molecular weight is 205 g/mol.